The third-order valence-electron chi connectivity index (χ3n) is 3.44. The number of hydrogen-bond donors (Lipinski definition) is 2. The highest BCUT2D eigenvalue weighted by molar-refractivity contribution is 5.93. The van der Waals surface area contributed by atoms with Gasteiger partial charge in [0.1, 0.15) is 0 Å². The van der Waals surface area contributed by atoms with Crippen molar-refractivity contribution in [2.45, 2.75) is 33.1 Å². The van der Waals surface area contributed by atoms with E-state index in [0.717, 1.165) is 5.69 Å². The number of aromatic amines is 1. The first-order valence-electron chi connectivity index (χ1n) is 7.96. The number of rotatable bonds is 5. The van der Waals surface area contributed by atoms with E-state index in [4.69, 9.17) is 9.47 Å². The smallest absolute Gasteiger partial charge is 0.308 e. The summed E-state index contributed by atoms with van der Waals surface area (Å²) in [6.07, 6.45) is 1.45. The zero-order valence-electron chi connectivity index (χ0n) is 15.4. The Bertz CT molecular complexity index is 834. The Morgan fingerprint density at radius 2 is 1.96 bits per heavy atom. The number of H-pyrrole nitrogens is 1. The zero-order chi connectivity index (χ0) is 19.3. The zero-order valence-corrected chi connectivity index (χ0v) is 15.4. The maximum absolute atomic E-state index is 12.1. The van der Waals surface area contributed by atoms with Crippen LogP contribution in [-0.4, -0.2) is 35.4 Å². The number of aromatic nitrogens is 2. The summed E-state index contributed by atoms with van der Waals surface area (Å²) in [4.78, 5) is 23.1. The summed E-state index contributed by atoms with van der Waals surface area (Å²) < 4.78 is 10.2. The van der Waals surface area contributed by atoms with Crippen LogP contribution in [0.4, 0.5) is 0 Å². The van der Waals surface area contributed by atoms with E-state index in [9.17, 15) is 9.59 Å². The van der Waals surface area contributed by atoms with Gasteiger partial charge in [0.25, 0.3) is 5.91 Å². The number of carbonyl (C=O) groups excluding carboxylic acids is 2. The van der Waals surface area contributed by atoms with E-state index in [1.807, 2.05) is 20.8 Å². The minimum atomic E-state index is -0.439. The first-order chi connectivity index (χ1) is 12.2. The summed E-state index contributed by atoms with van der Waals surface area (Å²) in [7, 11) is 1.47. The molecule has 138 valence electrons. The van der Waals surface area contributed by atoms with Gasteiger partial charge in [0.05, 0.1) is 13.3 Å². The standard InChI is InChI=1S/C18H22N4O4/c1-11(23)26-14-7-6-12(8-15(14)25-5)10-19-22-17(24)13-9-16(21-20-13)18(2,3)4/h6-10H,1-5H3,(H,20,21)(H,22,24). The first kappa shape index (κ1) is 19.2. The fraction of sp³-hybridized carbons (Fsp3) is 0.333. The first-order valence-corrected chi connectivity index (χ1v) is 7.96. The molecule has 0 spiro atoms. The molecule has 0 saturated heterocycles. The molecule has 0 fully saturated rings. The average Bonchev–Trinajstić information content (AvgIpc) is 3.06. The van der Waals surface area contributed by atoms with Gasteiger partial charge < -0.3 is 9.47 Å². The number of esters is 1. The molecule has 1 heterocycles. The van der Waals surface area contributed by atoms with Crippen LogP contribution >= 0.6 is 0 Å². The topological polar surface area (TPSA) is 106 Å². The van der Waals surface area contributed by atoms with Crippen molar-refractivity contribution >= 4 is 18.1 Å². The number of amides is 1. The summed E-state index contributed by atoms with van der Waals surface area (Å²) in [6, 6.07) is 6.61. The van der Waals surface area contributed by atoms with Crippen LogP contribution < -0.4 is 14.9 Å². The number of ether oxygens (including phenoxy) is 2. The van der Waals surface area contributed by atoms with Gasteiger partial charge in [0.2, 0.25) is 0 Å². The second-order valence-corrected chi connectivity index (χ2v) is 6.62. The number of methoxy groups -OCH3 is 1. The van der Waals surface area contributed by atoms with Gasteiger partial charge in [-0.2, -0.15) is 10.2 Å². The second-order valence-electron chi connectivity index (χ2n) is 6.62. The van der Waals surface area contributed by atoms with Gasteiger partial charge in [0.15, 0.2) is 17.2 Å². The molecular formula is C18H22N4O4. The molecule has 0 radical (unpaired) electrons. The number of benzene rings is 1. The lowest BCUT2D eigenvalue weighted by molar-refractivity contribution is -0.132. The van der Waals surface area contributed by atoms with Gasteiger partial charge in [-0.25, -0.2) is 5.43 Å². The van der Waals surface area contributed by atoms with Crippen LogP contribution in [0.2, 0.25) is 0 Å². The van der Waals surface area contributed by atoms with Crippen molar-refractivity contribution < 1.29 is 19.1 Å². The minimum Gasteiger partial charge on any atom is -0.493 e. The van der Waals surface area contributed by atoms with Gasteiger partial charge in [-0.1, -0.05) is 20.8 Å². The Morgan fingerprint density at radius 1 is 1.23 bits per heavy atom. The molecular weight excluding hydrogens is 336 g/mol. The molecule has 1 aromatic carbocycles. The molecule has 0 bridgehead atoms. The Hall–Kier alpha value is -3.16. The maximum atomic E-state index is 12.1. The molecule has 0 saturated carbocycles. The molecule has 0 aliphatic rings. The number of nitrogens with one attached hydrogen (secondary N) is 2. The Morgan fingerprint density at radius 3 is 2.54 bits per heavy atom. The van der Waals surface area contributed by atoms with Crippen molar-refractivity contribution in [1.29, 1.82) is 0 Å². The van der Waals surface area contributed by atoms with E-state index >= 15 is 0 Å². The minimum absolute atomic E-state index is 0.130. The predicted octanol–water partition coefficient (Wildman–Crippen LogP) is 2.41. The quantitative estimate of drug-likeness (QED) is 0.369. The molecule has 0 aliphatic carbocycles. The highest BCUT2D eigenvalue weighted by Gasteiger charge is 2.19. The molecule has 2 rings (SSSR count). The maximum Gasteiger partial charge on any atom is 0.308 e. The molecule has 0 atom stereocenters. The molecule has 8 heteroatoms. The number of carbonyl (C=O) groups is 2. The predicted molar refractivity (Wildman–Crippen MR) is 96.7 cm³/mol. The number of hydrogen-bond acceptors (Lipinski definition) is 6. The van der Waals surface area contributed by atoms with Crippen molar-refractivity contribution in [3.05, 3.63) is 41.2 Å². The van der Waals surface area contributed by atoms with Crippen LogP contribution in [0.3, 0.4) is 0 Å². The lowest BCUT2D eigenvalue weighted by atomic mass is 9.92. The molecule has 2 aromatic rings. The molecule has 26 heavy (non-hydrogen) atoms. The lowest BCUT2D eigenvalue weighted by Gasteiger charge is -2.14. The Kier molecular flexibility index (Phi) is 5.76. The van der Waals surface area contributed by atoms with Crippen molar-refractivity contribution in [3.63, 3.8) is 0 Å². The van der Waals surface area contributed by atoms with Gasteiger partial charge in [-0.15, -0.1) is 0 Å². The van der Waals surface area contributed by atoms with Crippen LogP contribution in [0.5, 0.6) is 11.5 Å². The van der Waals surface area contributed by atoms with Crippen LogP contribution in [0, 0.1) is 0 Å². The van der Waals surface area contributed by atoms with Gasteiger partial charge >= 0.3 is 5.97 Å². The van der Waals surface area contributed by atoms with E-state index in [0.29, 0.717) is 17.1 Å². The van der Waals surface area contributed by atoms with Crippen LogP contribution in [0.15, 0.2) is 29.4 Å². The van der Waals surface area contributed by atoms with Gasteiger partial charge in [0, 0.05) is 18.0 Å². The molecule has 1 aromatic heterocycles. The molecule has 2 N–H and O–H groups in total. The SMILES string of the molecule is COc1cc(C=NNC(=O)c2cc(C(C)(C)C)[nH]n2)ccc1OC(C)=O. The molecule has 1 amide bonds. The summed E-state index contributed by atoms with van der Waals surface area (Å²) in [5.74, 6) is -0.160. The number of hydrazone groups is 1. The van der Waals surface area contributed by atoms with Crippen molar-refractivity contribution in [2.24, 2.45) is 5.10 Å². The van der Waals surface area contributed by atoms with Crippen LogP contribution in [0.25, 0.3) is 0 Å². The van der Waals surface area contributed by atoms with Gasteiger partial charge in [-0.05, 0) is 29.8 Å². The van der Waals surface area contributed by atoms with E-state index < -0.39 is 11.9 Å². The number of nitrogens with zero attached hydrogens (tertiary/aromatic N) is 2. The van der Waals surface area contributed by atoms with Crippen LogP contribution in [-0.2, 0) is 10.2 Å². The molecule has 0 aliphatic heterocycles. The third kappa shape index (κ3) is 4.92. The highest BCUT2D eigenvalue weighted by Crippen LogP contribution is 2.27. The van der Waals surface area contributed by atoms with E-state index in [1.54, 1.807) is 24.3 Å². The lowest BCUT2D eigenvalue weighted by Crippen LogP contribution is -2.18. The van der Waals surface area contributed by atoms with Crippen molar-refractivity contribution in [2.75, 3.05) is 7.11 Å². The third-order valence-corrected chi connectivity index (χ3v) is 3.44. The summed E-state index contributed by atoms with van der Waals surface area (Å²) >= 11 is 0. The summed E-state index contributed by atoms with van der Waals surface area (Å²) in [6.45, 7) is 7.37. The summed E-state index contributed by atoms with van der Waals surface area (Å²) in [5, 5.41) is 10.8. The van der Waals surface area contributed by atoms with E-state index in [-0.39, 0.29) is 11.1 Å². The molecule has 8 nitrogen and oxygen atoms in total. The Labute approximate surface area is 151 Å². The summed E-state index contributed by atoms with van der Waals surface area (Å²) in [5.41, 5.74) is 4.07. The van der Waals surface area contributed by atoms with Crippen LogP contribution in [0.1, 0.15) is 49.4 Å². The van der Waals surface area contributed by atoms with E-state index in [2.05, 4.69) is 20.7 Å². The van der Waals surface area contributed by atoms with Crippen molar-refractivity contribution in [1.82, 2.24) is 15.6 Å². The highest BCUT2D eigenvalue weighted by atomic mass is 16.6. The van der Waals surface area contributed by atoms with Crippen molar-refractivity contribution in [3.8, 4) is 11.5 Å². The van der Waals surface area contributed by atoms with Gasteiger partial charge in [-0.3, -0.25) is 14.7 Å². The Balaban J connectivity index is 2.04. The fourth-order valence-corrected chi connectivity index (χ4v) is 2.05. The average molecular weight is 358 g/mol. The largest absolute Gasteiger partial charge is 0.493 e. The molecule has 0 unspecified atom stereocenters. The monoisotopic (exact) mass is 358 g/mol. The normalized spacial score (nSPS) is 11.4. The fourth-order valence-electron chi connectivity index (χ4n) is 2.05. The van der Waals surface area contributed by atoms with E-state index in [1.165, 1.54) is 20.2 Å². The second kappa shape index (κ2) is 7.81.